The Morgan fingerprint density at radius 1 is 0.842 bits per heavy atom. The Bertz CT molecular complexity index is 2540. The van der Waals surface area contributed by atoms with Crippen molar-refractivity contribution < 1.29 is 38.2 Å². The Morgan fingerprint density at radius 2 is 1.42 bits per heavy atom. The number of aliphatic hydroxyl groups excluding tert-OH is 1. The fraction of sp³-hybridized carbons (Fsp3) is 0.316. The first-order chi connectivity index (χ1) is 27.4. The van der Waals surface area contributed by atoms with Gasteiger partial charge in [0.15, 0.2) is 5.89 Å². The number of imidazole rings is 2. The third kappa shape index (κ3) is 8.18. The quantitative estimate of drug-likeness (QED) is 0.0658. The van der Waals surface area contributed by atoms with Gasteiger partial charge in [-0.15, -0.1) is 0 Å². The minimum atomic E-state index is -0.711. The number of amides is 4. The second-order valence-corrected chi connectivity index (χ2v) is 12.9. The third-order valence-corrected chi connectivity index (χ3v) is 8.94. The number of ether oxygens (including phenoxy) is 2. The summed E-state index contributed by atoms with van der Waals surface area (Å²) in [4.78, 5) is 65.2. The number of nitrogens with zero attached hydrogens (tertiary/aromatic N) is 7. The average molecular weight is 782 g/mol. The van der Waals surface area contributed by atoms with Gasteiger partial charge in [-0.25, -0.2) is 15.0 Å². The van der Waals surface area contributed by atoms with Crippen molar-refractivity contribution in [1.29, 1.82) is 0 Å². The molecule has 0 spiro atoms. The van der Waals surface area contributed by atoms with Gasteiger partial charge in [0.1, 0.15) is 28.2 Å². The first kappa shape index (κ1) is 39.7. The van der Waals surface area contributed by atoms with Crippen molar-refractivity contribution >= 4 is 57.6 Å². The van der Waals surface area contributed by atoms with Crippen LogP contribution in [0.3, 0.4) is 0 Å². The number of benzene rings is 2. The lowest BCUT2D eigenvalue weighted by molar-refractivity contribution is 0.0987. The van der Waals surface area contributed by atoms with Crippen molar-refractivity contribution in [2.75, 3.05) is 31.0 Å². The molecule has 298 valence electrons. The van der Waals surface area contributed by atoms with E-state index in [1.165, 1.54) is 31.4 Å². The molecular weight excluding hydrogens is 738 g/mol. The molecule has 0 radical (unpaired) electrons. The molecule has 0 aliphatic heterocycles. The van der Waals surface area contributed by atoms with E-state index in [0.29, 0.717) is 70.2 Å². The van der Waals surface area contributed by atoms with Gasteiger partial charge in [0.05, 0.1) is 36.1 Å². The predicted molar refractivity (Wildman–Crippen MR) is 209 cm³/mol. The molecular formula is C38H43N11O8. The van der Waals surface area contributed by atoms with Crippen LogP contribution in [0.15, 0.2) is 46.9 Å². The van der Waals surface area contributed by atoms with Crippen LogP contribution in [0.25, 0.3) is 22.1 Å². The molecule has 7 N–H and O–H groups in total. The smallest absolute Gasteiger partial charge is 0.295 e. The van der Waals surface area contributed by atoms with Crippen LogP contribution in [0.5, 0.6) is 11.5 Å². The van der Waals surface area contributed by atoms with Gasteiger partial charge >= 0.3 is 0 Å². The second-order valence-electron chi connectivity index (χ2n) is 12.9. The number of aliphatic hydroxyl groups is 1. The maximum Gasteiger partial charge on any atom is 0.295 e. The largest absolute Gasteiger partial charge is 0.494 e. The van der Waals surface area contributed by atoms with E-state index < -0.39 is 23.6 Å². The van der Waals surface area contributed by atoms with Gasteiger partial charge < -0.3 is 39.6 Å². The van der Waals surface area contributed by atoms with E-state index in [-0.39, 0.29) is 60.8 Å². The maximum absolute atomic E-state index is 13.6. The number of rotatable bonds is 17. The van der Waals surface area contributed by atoms with Crippen molar-refractivity contribution in [2.45, 2.75) is 60.2 Å². The molecule has 4 heterocycles. The maximum atomic E-state index is 13.6. The number of hydrogen-bond acceptors (Lipinski definition) is 12. The molecule has 0 bridgehead atoms. The fourth-order valence-electron chi connectivity index (χ4n) is 6.34. The highest BCUT2D eigenvalue weighted by Gasteiger charge is 2.24. The fourth-order valence-corrected chi connectivity index (χ4v) is 6.34. The Balaban J connectivity index is 1.41. The lowest BCUT2D eigenvalue weighted by Crippen LogP contribution is -2.20. The number of methoxy groups -OCH3 is 1. The molecule has 0 unspecified atom stereocenters. The zero-order valence-electron chi connectivity index (χ0n) is 32.1. The van der Waals surface area contributed by atoms with Crippen molar-refractivity contribution in [3.05, 3.63) is 82.3 Å². The summed E-state index contributed by atoms with van der Waals surface area (Å²) < 4.78 is 22.3. The topological polar surface area (TPSA) is 263 Å². The molecule has 2 aromatic carbocycles. The van der Waals surface area contributed by atoms with Crippen molar-refractivity contribution in [1.82, 2.24) is 33.9 Å². The highest BCUT2D eigenvalue weighted by Crippen LogP contribution is 2.33. The molecule has 19 heteroatoms. The molecule has 0 fully saturated rings. The average Bonchev–Trinajstić information content (AvgIpc) is 3.95. The van der Waals surface area contributed by atoms with Crippen LogP contribution in [0.1, 0.15) is 79.3 Å². The first-order valence-electron chi connectivity index (χ1n) is 18.1. The van der Waals surface area contributed by atoms with Crippen LogP contribution in [0, 0.1) is 13.8 Å². The third-order valence-electron chi connectivity index (χ3n) is 8.94. The number of carbonyl (C=O) groups excluding carboxylic acids is 4. The van der Waals surface area contributed by atoms with E-state index in [0.717, 1.165) is 0 Å². The minimum Gasteiger partial charge on any atom is -0.494 e. The molecule has 57 heavy (non-hydrogen) atoms. The minimum absolute atomic E-state index is 0.0357. The molecule has 0 atom stereocenters. The Kier molecular flexibility index (Phi) is 11.7. The lowest BCUT2D eigenvalue weighted by atomic mass is 10.1. The molecule has 6 aromatic rings. The first-order valence-corrected chi connectivity index (χ1v) is 18.1. The lowest BCUT2D eigenvalue weighted by Gasteiger charge is -2.13. The number of allylic oxidation sites excluding steroid dienone is 2. The molecule has 19 nitrogen and oxygen atoms in total. The SMILES string of the molecule is CCc1nc(C)oc1C(=O)Nc1nc2cc(C(N)=O)cc(OCCCO)c2n1CC=CCn1c(NC(=O)c2cc(C)nn2CC)nc2cc(C(N)=O)cc(OC)c21. The summed E-state index contributed by atoms with van der Waals surface area (Å²) in [5.74, 6) is -1.24. The van der Waals surface area contributed by atoms with Gasteiger partial charge in [-0.1, -0.05) is 19.1 Å². The Labute approximate surface area is 325 Å². The normalized spacial score (nSPS) is 11.5. The number of primary amides is 2. The molecule has 0 aliphatic rings. The summed E-state index contributed by atoms with van der Waals surface area (Å²) in [6, 6.07) is 7.66. The standard InChI is InChI=1S/C38H43N11O8/c1-6-24-32(57-21(4)41-24)36(54)45-38-43-26-17-23(34(40)52)19-29(56-14-10-13-50)31(26)48(38)12-9-8-11-47-30-25(16-22(33(39)51)18-28(30)55-5)42-37(47)44-35(53)27-15-20(3)46-49(27)7-2/h8-9,15-19,50H,6-7,10-14H2,1-5H3,(H2,39,51)(H2,40,52)(H,42,44,53)(H,43,45,54). The van der Waals surface area contributed by atoms with E-state index in [1.54, 1.807) is 45.9 Å². The van der Waals surface area contributed by atoms with Gasteiger partial charge in [0.25, 0.3) is 11.8 Å². The number of oxazole rings is 1. The van der Waals surface area contributed by atoms with Crippen molar-refractivity contribution in [3.63, 3.8) is 0 Å². The van der Waals surface area contributed by atoms with Crippen LogP contribution in [0.2, 0.25) is 0 Å². The van der Waals surface area contributed by atoms with Crippen LogP contribution in [0.4, 0.5) is 11.9 Å². The molecule has 0 aliphatic carbocycles. The summed E-state index contributed by atoms with van der Waals surface area (Å²) in [5, 5.41) is 19.5. The zero-order chi connectivity index (χ0) is 41.0. The summed E-state index contributed by atoms with van der Waals surface area (Å²) in [5.41, 5.74) is 14.6. The Morgan fingerprint density at radius 3 is 1.96 bits per heavy atom. The molecule has 4 amide bonds. The van der Waals surface area contributed by atoms with Gasteiger partial charge in [0.2, 0.25) is 29.5 Å². The number of aromatic nitrogens is 7. The van der Waals surface area contributed by atoms with E-state index in [1.807, 2.05) is 13.8 Å². The van der Waals surface area contributed by atoms with Crippen molar-refractivity contribution in [3.8, 4) is 11.5 Å². The van der Waals surface area contributed by atoms with Crippen LogP contribution in [-0.4, -0.2) is 82.9 Å². The predicted octanol–water partition coefficient (Wildman–Crippen LogP) is 3.50. The summed E-state index contributed by atoms with van der Waals surface area (Å²) in [6.45, 7) is 7.87. The van der Waals surface area contributed by atoms with E-state index in [2.05, 4.69) is 30.7 Å². The number of anilines is 2. The number of nitrogens with one attached hydrogen (secondary N) is 2. The van der Waals surface area contributed by atoms with Crippen molar-refractivity contribution in [2.24, 2.45) is 11.5 Å². The highest BCUT2D eigenvalue weighted by atomic mass is 16.5. The van der Waals surface area contributed by atoms with Gasteiger partial charge in [-0.05, 0) is 50.6 Å². The summed E-state index contributed by atoms with van der Waals surface area (Å²) in [7, 11) is 1.45. The zero-order valence-corrected chi connectivity index (χ0v) is 32.1. The molecule has 0 saturated carbocycles. The molecule has 4 aromatic heterocycles. The van der Waals surface area contributed by atoms with E-state index in [9.17, 15) is 24.3 Å². The number of nitrogens with two attached hydrogens (primary N) is 2. The second kappa shape index (κ2) is 16.8. The number of hydrogen-bond donors (Lipinski definition) is 5. The van der Waals surface area contributed by atoms with Gasteiger partial charge in [-0.3, -0.25) is 34.5 Å². The molecule has 6 rings (SSSR count). The van der Waals surface area contributed by atoms with Crippen LogP contribution < -0.4 is 31.6 Å². The summed E-state index contributed by atoms with van der Waals surface area (Å²) >= 11 is 0. The van der Waals surface area contributed by atoms with E-state index >= 15 is 0 Å². The van der Waals surface area contributed by atoms with Crippen LogP contribution in [-0.2, 0) is 26.1 Å². The number of aryl methyl sites for hydroxylation is 4. The monoisotopic (exact) mass is 781 g/mol. The molecule has 0 saturated heterocycles. The Hall–Kier alpha value is -7.02. The summed E-state index contributed by atoms with van der Waals surface area (Å²) in [6.07, 6.45) is 4.36. The van der Waals surface area contributed by atoms with Crippen LogP contribution >= 0.6 is 0 Å². The van der Waals surface area contributed by atoms with Gasteiger partial charge in [0, 0.05) is 50.7 Å². The number of fused-ring (bicyclic) bond motifs is 2. The number of carbonyl (C=O) groups is 4. The van der Waals surface area contributed by atoms with Gasteiger partial charge in [-0.2, -0.15) is 5.10 Å². The highest BCUT2D eigenvalue weighted by molar-refractivity contribution is 6.05. The van der Waals surface area contributed by atoms with E-state index in [4.69, 9.17) is 25.4 Å².